The Morgan fingerprint density at radius 1 is 1.37 bits per heavy atom. The van der Waals surface area contributed by atoms with Crippen molar-refractivity contribution in [3.8, 4) is 0 Å². The van der Waals surface area contributed by atoms with Crippen molar-refractivity contribution >= 4 is 27.6 Å². The normalized spacial score (nSPS) is 26.8. The molecule has 0 atom stereocenters. The van der Waals surface area contributed by atoms with Crippen LogP contribution in [-0.2, 0) is 9.53 Å². The molecule has 0 aromatic heterocycles. The molecule has 19 heavy (non-hydrogen) atoms. The van der Waals surface area contributed by atoms with E-state index in [-0.39, 0.29) is 5.97 Å². The van der Waals surface area contributed by atoms with Crippen LogP contribution in [0.2, 0.25) is 0 Å². The number of carbonyl (C=O) groups excluding carboxylic acids is 1. The van der Waals surface area contributed by atoms with Gasteiger partial charge in [-0.1, -0.05) is 19.1 Å². The maximum absolute atomic E-state index is 12.2. The molecule has 0 amide bonds. The summed E-state index contributed by atoms with van der Waals surface area (Å²) in [6, 6.07) is 7.87. The Balaban J connectivity index is 2.24. The topological polar surface area (TPSA) is 38.3 Å². The number of para-hydroxylation sites is 1. The number of anilines is 1. The Labute approximate surface area is 122 Å². The van der Waals surface area contributed by atoms with E-state index in [1.54, 1.807) is 0 Å². The van der Waals surface area contributed by atoms with Gasteiger partial charge < -0.3 is 10.1 Å². The average Bonchev–Trinajstić information content (AvgIpc) is 2.43. The summed E-state index contributed by atoms with van der Waals surface area (Å²) in [6.45, 7) is 2.24. The largest absolute Gasteiger partial charge is 0.467 e. The van der Waals surface area contributed by atoms with Gasteiger partial charge >= 0.3 is 5.97 Å². The van der Waals surface area contributed by atoms with Crippen molar-refractivity contribution in [2.24, 2.45) is 5.92 Å². The lowest BCUT2D eigenvalue weighted by Crippen LogP contribution is -2.49. The van der Waals surface area contributed by atoms with Crippen molar-refractivity contribution in [3.63, 3.8) is 0 Å². The van der Waals surface area contributed by atoms with Crippen molar-refractivity contribution in [2.75, 3.05) is 12.4 Å². The summed E-state index contributed by atoms with van der Waals surface area (Å²) in [5.74, 6) is 0.522. The summed E-state index contributed by atoms with van der Waals surface area (Å²) in [7, 11) is 1.46. The lowest BCUT2D eigenvalue weighted by molar-refractivity contribution is -0.147. The molecule has 3 nitrogen and oxygen atoms in total. The third kappa shape index (κ3) is 3.11. The van der Waals surface area contributed by atoms with E-state index in [0.29, 0.717) is 5.92 Å². The summed E-state index contributed by atoms with van der Waals surface area (Å²) < 4.78 is 5.99. The highest BCUT2D eigenvalue weighted by Gasteiger charge is 2.42. The highest BCUT2D eigenvalue weighted by Crippen LogP contribution is 2.37. The second-order valence-electron chi connectivity index (χ2n) is 5.36. The van der Waals surface area contributed by atoms with Crippen LogP contribution in [0, 0.1) is 5.92 Å². The second kappa shape index (κ2) is 5.95. The van der Waals surface area contributed by atoms with Gasteiger partial charge in [0.2, 0.25) is 0 Å². The number of carbonyl (C=O) groups is 1. The van der Waals surface area contributed by atoms with Crippen LogP contribution in [0.25, 0.3) is 0 Å². The molecule has 1 aromatic carbocycles. The van der Waals surface area contributed by atoms with Crippen LogP contribution >= 0.6 is 15.9 Å². The van der Waals surface area contributed by atoms with Crippen molar-refractivity contribution in [1.82, 2.24) is 0 Å². The number of methoxy groups -OCH3 is 1. The van der Waals surface area contributed by atoms with Crippen LogP contribution < -0.4 is 5.32 Å². The second-order valence-corrected chi connectivity index (χ2v) is 6.22. The van der Waals surface area contributed by atoms with E-state index in [1.165, 1.54) is 7.11 Å². The minimum Gasteiger partial charge on any atom is -0.467 e. The maximum atomic E-state index is 12.2. The molecule has 1 aliphatic carbocycles. The van der Waals surface area contributed by atoms with Crippen LogP contribution in [0.3, 0.4) is 0 Å². The Hall–Kier alpha value is -1.03. The molecule has 2 rings (SSSR count). The van der Waals surface area contributed by atoms with Gasteiger partial charge in [-0.25, -0.2) is 4.79 Å². The minimum atomic E-state index is -0.578. The Bertz CT molecular complexity index is 453. The zero-order chi connectivity index (χ0) is 13.9. The molecule has 0 bridgehead atoms. The molecular weight excluding hydrogens is 306 g/mol. The summed E-state index contributed by atoms with van der Waals surface area (Å²) in [6.07, 6.45) is 3.74. The lowest BCUT2D eigenvalue weighted by atomic mass is 9.77. The molecule has 4 heteroatoms. The number of nitrogens with one attached hydrogen (secondary N) is 1. The Morgan fingerprint density at radius 3 is 2.58 bits per heavy atom. The molecule has 0 spiro atoms. The molecule has 1 fully saturated rings. The van der Waals surface area contributed by atoms with E-state index in [9.17, 15) is 4.79 Å². The summed E-state index contributed by atoms with van der Waals surface area (Å²) in [5, 5.41) is 3.41. The standard InChI is InChI=1S/C15H20BrNO2/c1-11-7-9-15(10-8-11,14(18)19-2)17-13-6-4-3-5-12(13)16/h3-6,11,17H,7-10H2,1-2H3. The molecule has 0 saturated heterocycles. The third-order valence-corrected chi connectivity index (χ3v) is 4.64. The Kier molecular flexibility index (Phi) is 4.50. The minimum absolute atomic E-state index is 0.157. The number of esters is 1. The quantitative estimate of drug-likeness (QED) is 0.854. The summed E-state index contributed by atoms with van der Waals surface area (Å²) in [5.41, 5.74) is 0.368. The van der Waals surface area contributed by atoms with Gasteiger partial charge in [0.15, 0.2) is 0 Å². The summed E-state index contributed by atoms with van der Waals surface area (Å²) in [4.78, 5) is 12.2. The maximum Gasteiger partial charge on any atom is 0.331 e. The van der Waals surface area contributed by atoms with Gasteiger partial charge in [-0.05, 0) is 59.7 Å². The number of benzene rings is 1. The van der Waals surface area contributed by atoms with Crippen molar-refractivity contribution < 1.29 is 9.53 Å². The van der Waals surface area contributed by atoms with Gasteiger partial charge in [0, 0.05) is 10.2 Å². The van der Waals surface area contributed by atoms with E-state index in [2.05, 4.69) is 28.2 Å². The highest BCUT2D eigenvalue weighted by atomic mass is 79.9. The van der Waals surface area contributed by atoms with Gasteiger partial charge in [0.25, 0.3) is 0 Å². The fourth-order valence-corrected chi connectivity index (χ4v) is 3.03. The number of hydrogen-bond acceptors (Lipinski definition) is 3. The zero-order valence-electron chi connectivity index (χ0n) is 11.4. The first kappa shape index (κ1) is 14.4. The zero-order valence-corrected chi connectivity index (χ0v) is 13.0. The highest BCUT2D eigenvalue weighted by molar-refractivity contribution is 9.10. The molecular formula is C15H20BrNO2. The van der Waals surface area contributed by atoms with Gasteiger partial charge in [-0.3, -0.25) is 0 Å². The summed E-state index contributed by atoms with van der Waals surface area (Å²) >= 11 is 3.52. The van der Waals surface area contributed by atoms with Crippen molar-refractivity contribution in [1.29, 1.82) is 0 Å². The molecule has 0 radical (unpaired) electrons. The van der Waals surface area contributed by atoms with Crippen LogP contribution in [0.5, 0.6) is 0 Å². The Morgan fingerprint density at radius 2 is 2.00 bits per heavy atom. The van der Waals surface area contributed by atoms with E-state index >= 15 is 0 Å². The van der Waals surface area contributed by atoms with Gasteiger partial charge in [0.05, 0.1) is 7.11 Å². The molecule has 0 aliphatic heterocycles. The first-order valence-corrected chi connectivity index (χ1v) is 7.48. The molecule has 1 saturated carbocycles. The van der Waals surface area contributed by atoms with Crippen LogP contribution in [-0.4, -0.2) is 18.6 Å². The first-order chi connectivity index (χ1) is 9.07. The van der Waals surface area contributed by atoms with Gasteiger partial charge in [0.1, 0.15) is 5.54 Å². The first-order valence-electron chi connectivity index (χ1n) is 6.68. The molecule has 1 N–H and O–H groups in total. The van der Waals surface area contributed by atoms with Crippen LogP contribution in [0.1, 0.15) is 32.6 Å². The number of hydrogen-bond donors (Lipinski definition) is 1. The molecule has 1 aromatic rings. The predicted molar refractivity (Wildman–Crippen MR) is 80.1 cm³/mol. The molecule has 0 unspecified atom stereocenters. The monoisotopic (exact) mass is 325 g/mol. The number of halogens is 1. The van der Waals surface area contributed by atoms with Gasteiger partial charge in [-0.15, -0.1) is 0 Å². The molecule has 0 heterocycles. The fraction of sp³-hybridized carbons (Fsp3) is 0.533. The molecule has 104 valence electrons. The van der Waals surface area contributed by atoms with E-state index in [1.807, 2.05) is 24.3 Å². The lowest BCUT2D eigenvalue weighted by Gasteiger charge is -2.38. The number of rotatable bonds is 3. The predicted octanol–water partition coefficient (Wildman–Crippen LogP) is 3.98. The number of ether oxygens (including phenoxy) is 1. The van der Waals surface area contributed by atoms with Crippen LogP contribution in [0.4, 0.5) is 5.69 Å². The SMILES string of the molecule is COC(=O)C1(Nc2ccccc2Br)CCC(C)CC1. The van der Waals surface area contributed by atoms with E-state index in [4.69, 9.17) is 4.74 Å². The van der Waals surface area contributed by atoms with Crippen molar-refractivity contribution in [3.05, 3.63) is 28.7 Å². The van der Waals surface area contributed by atoms with E-state index < -0.39 is 5.54 Å². The fourth-order valence-electron chi connectivity index (χ4n) is 2.65. The average molecular weight is 326 g/mol. The molecule has 1 aliphatic rings. The van der Waals surface area contributed by atoms with E-state index in [0.717, 1.165) is 35.8 Å². The smallest absolute Gasteiger partial charge is 0.331 e. The van der Waals surface area contributed by atoms with Crippen LogP contribution in [0.15, 0.2) is 28.7 Å². The third-order valence-electron chi connectivity index (χ3n) is 3.95. The van der Waals surface area contributed by atoms with Crippen molar-refractivity contribution in [2.45, 2.75) is 38.1 Å². The van der Waals surface area contributed by atoms with Gasteiger partial charge in [-0.2, -0.15) is 0 Å².